The lowest BCUT2D eigenvalue weighted by atomic mass is 9.92. The maximum absolute atomic E-state index is 15.0. The van der Waals surface area contributed by atoms with Gasteiger partial charge in [0.1, 0.15) is 24.4 Å². The molecule has 0 aliphatic carbocycles. The minimum atomic E-state index is -4.62. The zero-order valence-electron chi connectivity index (χ0n) is 42.2. The number of hydrogen-bond donors (Lipinski definition) is 2. The van der Waals surface area contributed by atoms with Gasteiger partial charge in [0, 0.05) is 90.6 Å². The smallest absolute Gasteiger partial charge is 0.417 e. The first kappa shape index (κ1) is 56.4. The fourth-order valence-corrected chi connectivity index (χ4v) is 9.60. The lowest BCUT2D eigenvalue weighted by Gasteiger charge is -2.33. The normalized spacial score (nSPS) is 18.2. The second kappa shape index (κ2) is 29.1. The Morgan fingerprint density at radius 2 is 1.21 bits per heavy atom. The summed E-state index contributed by atoms with van der Waals surface area (Å²) in [5.41, 5.74) is 4.42. The number of piperidine rings is 1. The van der Waals surface area contributed by atoms with Crippen LogP contribution in [0.25, 0.3) is 23.3 Å². The zero-order valence-corrected chi connectivity index (χ0v) is 42.2. The van der Waals surface area contributed by atoms with Gasteiger partial charge in [0.15, 0.2) is 0 Å². The monoisotopic (exact) mass is 1010 g/mol. The van der Waals surface area contributed by atoms with Gasteiger partial charge in [-0.25, -0.2) is 0 Å². The van der Waals surface area contributed by atoms with Gasteiger partial charge in [-0.05, 0) is 97.8 Å². The van der Waals surface area contributed by atoms with Crippen molar-refractivity contribution >= 4 is 30.4 Å². The third-order valence-corrected chi connectivity index (χ3v) is 13.8. The topological polar surface area (TPSA) is 148 Å². The summed E-state index contributed by atoms with van der Waals surface area (Å²) in [4.78, 5) is 47.0. The van der Waals surface area contributed by atoms with E-state index in [0.717, 1.165) is 111 Å². The molecule has 396 valence electrons. The highest BCUT2D eigenvalue weighted by molar-refractivity contribution is 5.80. The highest BCUT2D eigenvalue weighted by Gasteiger charge is 2.34. The van der Waals surface area contributed by atoms with Crippen LogP contribution in [0.4, 0.5) is 13.2 Å². The van der Waals surface area contributed by atoms with Gasteiger partial charge < -0.3 is 34.0 Å². The van der Waals surface area contributed by atoms with E-state index in [-0.39, 0.29) is 38.4 Å². The van der Waals surface area contributed by atoms with Crippen LogP contribution in [0.3, 0.4) is 0 Å². The summed E-state index contributed by atoms with van der Waals surface area (Å²) >= 11 is 0. The first-order chi connectivity index (χ1) is 34.8. The summed E-state index contributed by atoms with van der Waals surface area (Å²) in [6.45, 7) is 15.5. The molecule has 3 fully saturated rings. The Morgan fingerprint density at radius 3 is 1.85 bits per heavy atom. The third kappa shape index (κ3) is 18.2. The Labute approximate surface area is 423 Å². The Balaban J connectivity index is 1.13. The van der Waals surface area contributed by atoms with Crippen molar-refractivity contribution in [1.82, 2.24) is 29.4 Å². The lowest BCUT2D eigenvalue weighted by Crippen LogP contribution is -2.48. The molecule has 3 heterocycles. The molecule has 3 aliphatic heterocycles. The third-order valence-electron chi connectivity index (χ3n) is 13.8. The fraction of sp³-hybridized carbons (Fsp3) is 0.574. The molecule has 0 atom stereocenters. The molecule has 0 radical (unpaired) electrons. The number of benzene rings is 3. The number of aldehydes is 1. The molecule has 0 aromatic heterocycles. The second-order valence-electron chi connectivity index (χ2n) is 18.9. The van der Waals surface area contributed by atoms with Crippen LogP contribution < -0.4 is 9.47 Å². The molecular weight excluding hydrogens is 934 g/mol. The van der Waals surface area contributed by atoms with E-state index in [1.54, 1.807) is 15.9 Å². The summed E-state index contributed by atoms with van der Waals surface area (Å²) in [5.74, 6) is -0.766. The molecule has 18 heteroatoms. The number of carboxylic acid groups (broad SMARTS) is 2. The minimum Gasteiger partial charge on any atom is -0.493 e. The van der Waals surface area contributed by atoms with Crippen LogP contribution in [-0.4, -0.2) is 209 Å². The van der Waals surface area contributed by atoms with Gasteiger partial charge in [0.05, 0.1) is 58.2 Å². The molecule has 15 nitrogen and oxygen atoms in total. The van der Waals surface area contributed by atoms with Crippen molar-refractivity contribution in [2.45, 2.75) is 52.3 Å². The van der Waals surface area contributed by atoms with E-state index < -0.39 is 23.7 Å². The van der Waals surface area contributed by atoms with Gasteiger partial charge in [0.2, 0.25) is 0 Å². The standard InChI is InChI=1S/C54H75F3N6O9/c1-42-44(9-6-10-47(42)48-11-7-12-50(43(48)2)71-31-8-17-58-27-32-69-33-28-58)13-14-45-38-51(46(37-49(45)54(55,56)57)39-61-15-4-3-5-16-61)72-36-35-70-34-29-60-19-18-59(26-30-64)20-22-62(40-52(65)66)24-25-63(23-21-60)41-53(67)68/h6-7,9-14,30,37-38H,3-5,8,15-29,31-36,39-41H2,1-2H3,(H,65,66)(H,67,68)/b14-13+. The Kier molecular flexibility index (Phi) is 22.8. The van der Waals surface area contributed by atoms with E-state index in [2.05, 4.69) is 14.7 Å². The quantitative estimate of drug-likeness (QED) is 0.0628. The van der Waals surface area contributed by atoms with Gasteiger partial charge in [-0.2, -0.15) is 13.2 Å². The number of carboxylic acids is 2. The maximum Gasteiger partial charge on any atom is 0.417 e. The highest BCUT2D eigenvalue weighted by Crippen LogP contribution is 2.39. The van der Waals surface area contributed by atoms with Crippen molar-refractivity contribution in [3.63, 3.8) is 0 Å². The first-order valence-electron chi connectivity index (χ1n) is 25.5. The number of alkyl halides is 3. The number of nitrogens with zero attached hydrogens (tertiary/aromatic N) is 6. The first-order valence-corrected chi connectivity index (χ1v) is 25.5. The molecule has 3 aliphatic rings. The molecule has 0 amide bonds. The Morgan fingerprint density at radius 1 is 0.625 bits per heavy atom. The predicted molar refractivity (Wildman–Crippen MR) is 272 cm³/mol. The van der Waals surface area contributed by atoms with Gasteiger partial charge in [-0.3, -0.25) is 39.0 Å². The van der Waals surface area contributed by atoms with E-state index in [1.807, 2.05) is 55.1 Å². The van der Waals surface area contributed by atoms with Crippen molar-refractivity contribution in [2.24, 2.45) is 0 Å². The van der Waals surface area contributed by atoms with E-state index in [1.165, 1.54) is 18.2 Å². The number of likely N-dealkylation sites (tertiary alicyclic amines) is 1. The largest absolute Gasteiger partial charge is 0.493 e. The summed E-state index contributed by atoms with van der Waals surface area (Å²) in [7, 11) is 0. The van der Waals surface area contributed by atoms with Crippen LogP contribution in [0, 0.1) is 13.8 Å². The van der Waals surface area contributed by atoms with Gasteiger partial charge in [0.25, 0.3) is 0 Å². The van der Waals surface area contributed by atoms with E-state index in [9.17, 15) is 37.8 Å². The van der Waals surface area contributed by atoms with Crippen LogP contribution in [0.5, 0.6) is 11.5 Å². The fourth-order valence-electron chi connectivity index (χ4n) is 9.60. The van der Waals surface area contributed by atoms with Gasteiger partial charge >= 0.3 is 18.1 Å². The molecule has 72 heavy (non-hydrogen) atoms. The Bertz CT molecular complexity index is 2220. The summed E-state index contributed by atoms with van der Waals surface area (Å²) < 4.78 is 69.0. The SMILES string of the molecule is Cc1c(/C=C/c2cc(OCCOCCN3CCN(CC=O)CCN(CC(=O)O)CCN(CC(=O)O)CC3)c(CN3CCCCC3)cc2C(F)(F)F)cccc1-c1cccc(OCCCN2CCOCC2)c1C. The molecule has 0 spiro atoms. The highest BCUT2D eigenvalue weighted by atomic mass is 19.4. The Hall–Kier alpha value is -4.92. The summed E-state index contributed by atoms with van der Waals surface area (Å²) in [5, 5.41) is 19.0. The molecule has 3 aromatic carbocycles. The van der Waals surface area contributed by atoms with Gasteiger partial charge in [-0.1, -0.05) is 48.9 Å². The van der Waals surface area contributed by atoms with E-state index in [0.29, 0.717) is 90.0 Å². The molecule has 0 saturated carbocycles. The lowest BCUT2D eigenvalue weighted by molar-refractivity contribution is -0.140. The number of halogens is 3. The molecule has 0 unspecified atom stereocenters. The molecule has 0 bridgehead atoms. The second-order valence-corrected chi connectivity index (χ2v) is 18.9. The van der Waals surface area contributed by atoms with Gasteiger partial charge in [-0.15, -0.1) is 0 Å². The summed E-state index contributed by atoms with van der Waals surface area (Å²) in [6.07, 6.45) is 3.44. The van der Waals surface area contributed by atoms with E-state index in [4.69, 9.17) is 18.9 Å². The number of morpholine rings is 1. The molecular formula is C54H75F3N6O9. The number of carbonyl (C=O) groups is 3. The number of rotatable bonds is 23. The average Bonchev–Trinajstić information content (AvgIpc) is 3.35. The van der Waals surface area contributed by atoms with Crippen LogP contribution in [0.1, 0.15) is 59.1 Å². The zero-order chi connectivity index (χ0) is 51.3. The molecule has 3 aromatic rings. The summed E-state index contributed by atoms with van der Waals surface area (Å²) in [6, 6.07) is 14.6. The van der Waals surface area contributed by atoms with Crippen LogP contribution in [-0.2, 0) is 36.6 Å². The van der Waals surface area contributed by atoms with E-state index >= 15 is 0 Å². The average molecular weight is 1010 g/mol. The number of aliphatic carboxylic acids is 2. The molecule has 3 saturated heterocycles. The number of hydrogen-bond acceptors (Lipinski definition) is 13. The van der Waals surface area contributed by atoms with Crippen LogP contribution >= 0.6 is 0 Å². The van der Waals surface area contributed by atoms with Crippen molar-refractivity contribution in [1.29, 1.82) is 0 Å². The predicted octanol–water partition coefficient (Wildman–Crippen LogP) is 6.23. The maximum atomic E-state index is 15.0. The molecule has 2 N–H and O–H groups in total. The van der Waals surface area contributed by atoms with Crippen LogP contribution in [0.2, 0.25) is 0 Å². The van der Waals surface area contributed by atoms with Crippen molar-refractivity contribution in [2.75, 3.05) is 151 Å². The van der Waals surface area contributed by atoms with Crippen molar-refractivity contribution in [3.05, 3.63) is 81.9 Å². The molecule has 6 rings (SSSR count). The van der Waals surface area contributed by atoms with Crippen molar-refractivity contribution in [3.8, 4) is 22.6 Å². The van der Waals surface area contributed by atoms with Crippen molar-refractivity contribution < 1.29 is 56.7 Å². The number of ether oxygens (including phenoxy) is 4. The van der Waals surface area contributed by atoms with Crippen LogP contribution in [0.15, 0.2) is 48.5 Å². The minimum absolute atomic E-state index is 0.000245. The number of carbonyl (C=O) groups excluding carboxylic acids is 1.